The van der Waals surface area contributed by atoms with Gasteiger partial charge in [0.25, 0.3) is 0 Å². The van der Waals surface area contributed by atoms with E-state index in [1.165, 1.54) is 12.1 Å². The monoisotopic (exact) mass is 246 g/mol. The molecule has 1 rings (SSSR count). The van der Waals surface area contributed by atoms with Crippen LogP contribution in [-0.4, -0.2) is 0 Å². The molecule has 0 bridgehead atoms. The van der Waals surface area contributed by atoms with E-state index in [4.69, 9.17) is 0 Å². The van der Waals surface area contributed by atoms with Gasteiger partial charge < -0.3 is 0 Å². The third-order valence-corrected chi connectivity index (χ3v) is 1.45. The first-order valence-electron chi connectivity index (χ1n) is 2.30. The molecule has 0 aliphatic rings. The molecule has 1 aromatic rings. The molecule has 0 saturated carbocycles. The third-order valence-electron chi connectivity index (χ3n) is 0.827. The molecular weight excluding hydrogens is 241 g/mol. The average Bonchev–Trinajstić information content (AvgIpc) is 1.59. The van der Waals surface area contributed by atoms with Crippen LogP contribution in [0.15, 0.2) is 18.2 Å². The Morgan fingerprint density at radius 2 is 1.44 bits per heavy atom. The zero-order valence-electron chi connectivity index (χ0n) is 4.37. The van der Waals surface area contributed by atoms with Crippen molar-refractivity contribution in [2.45, 2.75) is 0 Å². The summed E-state index contributed by atoms with van der Waals surface area (Å²) in [5.74, 6) is -1.06. The SMILES string of the molecule is Fc1cc(F)cc([XeH])c1. The Labute approximate surface area is 84.0 Å². The Morgan fingerprint density at radius 3 is 1.78 bits per heavy atom. The molecule has 0 spiro atoms. The van der Waals surface area contributed by atoms with E-state index in [1.54, 1.807) is 0 Å². The van der Waals surface area contributed by atoms with E-state index in [9.17, 15) is 8.78 Å². The number of halogens is 2. The van der Waals surface area contributed by atoms with Gasteiger partial charge >= 0.3 is 85.2 Å². The minimum absolute atomic E-state index is 0.528. The van der Waals surface area contributed by atoms with Crippen LogP contribution in [0.2, 0.25) is 0 Å². The van der Waals surface area contributed by atoms with E-state index in [1.807, 2.05) is 46.5 Å². The minimum atomic E-state index is -0.528. The molecule has 0 atom stereocenters. The molecule has 0 N–H and O–H groups in total. The fraction of sp³-hybridized carbons (Fsp3) is 0. The predicted molar refractivity (Wildman–Crippen MR) is 27.4 cm³/mol. The Bertz CT molecular complexity index is 172. The van der Waals surface area contributed by atoms with Crippen LogP contribution in [0.1, 0.15) is 0 Å². The molecule has 9 heavy (non-hydrogen) atoms. The van der Waals surface area contributed by atoms with Crippen molar-refractivity contribution in [3.8, 4) is 0 Å². The van der Waals surface area contributed by atoms with Gasteiger partial charge in [-0.25, -0.2) is 0 Å². The summed E-state index contributed by atoms with van der Waals surface area (Å²) in [6, 6.07) is 3.38. The van der Waals surface area contributed by atoms with Gasteiger partial charge in [0.1, 0.15) is 0 Å². The van der Waals surface area contributed by atoms with Gasteiger partial charge in [0.2, 0.25) is 0 Å². The Balaban J connectivity index is 3.17. The molecule has 0 amide bonds. The number of hydrogen-bond donors (Lipinski definition) is 0. The summed E-state index contributed by atoms with van der Waals surface area (Å²) in [5, 5.41) is 0. The summed E-state index contributed by atoms with van der Waals surface area (Å²) in [4.78, 5) is 0. The van der Waals surface area contributed by atoms with E-state index in [2.05, 4.69) is 0 Å². The molecule has 1 aromatic carbocycles. The van der Waals surface area contributed by atoms with Crippen LogP contribution >= 0.6 is 0 Å². The molecule has 0 radical (unpaired) electrons. The van der Waals surface area contributed by atoms with Gasteiger partial charge in [0.05, 0.1) is 0 Å². The Hall–Kier alpha value is 0.651. The molecule has 3 heteroatoms. The van der Waals surface area contributed by atoms with Crippen LogP contribution in [0.3, 0.4) is 0 Å². The molecule has 0 aliphatic heterocycles. The number of rotatable bonds is 0. The second kappa shape index (κ2) is 3.16. The van der Waals surface area contributed by atoms with Crippen molar-refractivity contribution >= 4 is 0.0314 Å². The molecular formula is C6H4F2Xe. The predicted octanol–water partition coefficient (Wildman–Crippen LogP) is 0.872. The van der Waals surface area contributed by atoms with Crippen molar-refractivity contribution in [3.63, 3.8) is 0 Å². The molecule has 0 aliphatic carbocycles. The summed E-state index contributed by atoms with van der Waals surface area (Å²) in [6.45, 7) is 0. The molecule has 0 aromatic heterocycles. The van der Waals surface area contributed by atoms with E-state index < -0.39 is 11.6 Å². The quantitative estimate of drug-likeness (QED) is 0.636. The Morgan fingerprint density at radius 1 is 1.00 bits per heavy atom. The number of hydrogen-bond acceptors (Lipinski definition) is 0. The first kappa shape index (κ1) is 7.76. The molecule has 0 saturated heterocycles. The van der Waals surface area contributed by atoms with Crippen LogP contribution in [-0.2, 0) is 0 Å². The van der Waals surface area contributed by atoms with Crippen LogP contribution in [0, 0.1) is 58.2 Å². The van der Waals surface area contributed by atoms with Crippen molar-refractivity contribution in [2.24, 2.45) is 0 Å². The average molecular weight is 245 g/mol. The van der Waals surface area contributed by atoms with Crippen LogP contribution in [0.5, 0.6) is 0 Å². The fourth-order valence-corrected chi connectivity index (χ4v) is 1.12. The molecule has 0 unspecified atom stereocenters. The second-order valence-corrected chi connectivity index (χ2v) is 2.83. The second-order valence-electron chi connectivity index (χ2n) is 1.59. The van der Waals surface area contributed by atoms with Crippen molar-refractivity contribution in [3.05, 3.63) is 29.8 Å². The van der Waals surface area contributed by atoms with Gasteiger partial charge in [-0.3, -0.25) is 0 Å². The van der Waals surface area contributed by atoms with Gasteiger partial charge in [-0.15, -0.1) is 0 Å². The van der Waals surface area contributed by atoms with Crippen LogP contribution < -0.4 is 0.0314 Å². The number of benzene rings is 1. The van der Waals surface area contributed by atoms with E-state index in [0.29, 0.717) is 0.0314 Å². The zero-order chi connectivity index (χ0) is 6.85. The van der Waals surface area contributed by atoms with Gasteiger partial charge in [-0.1, -0.05) is 0 Å². The van der Waals surface area contributed by atoms with Gasteiger partial charge in [0, 0.05) is 0 Å². The van der Waals surface area contributed by atoms with Gasteiger partial charge in [-0.05, 0) is 0 Å². The molecule has 50 valence electrons. The van der Waals surface area contributed by atoms with Crippen molar-refractivity contribution in [1.82, 2.24) is 0 Å². The first-order valence-corrected chi connectivity index (χ1v) is 3.38. The van der Waals surface area contributed by atoms with Crippen molar-refractivity contribution < 1.29 is 55.3 Å². The van der Waals surface area contributed by atoms with Crippen LogP contribution in [0.25, 0.3) is 0 Å². The Kier molecular flexibility index (Phi) is 2.73. The summed E-state index contributed by atoms with van der Waals surface area (Å²) >= 11 is 1.85. The van der Waals surface area contributed by atoms with Gasteiger partial charge in [0.15, 0.2) is 0 Å². The van der Waals surface area contributed by atoms with E-state index in [0.717, 1.165) is 6.07 Å². The first-order chi connectivity index (χ1) is 4.18. The summed E-state index contributed by atoms with van der Waals surface area (Å²) in [5.41, 5.74) is 0. The summed E-state index contributed by atoms with van der Waals surface area (Å²) < 4.78 is 24.9. The van der Waals surface area contributed by atoms with E-state index in [-0.39, 0.29) is 0 Å². The maximum absolute atomic E-state index is 12.2. The standard InChI is InChI=1S/C6H4F2Xe/c7-4-1-5(8)3-6(9)2-4/h1-3,9H. The summed E-state index contributed by atoms with van der Waals surface area (Å²) in [6.07, 6.45) is 0. The fourth-order valence-electron chi connectivity index (χ4n) is 0.520. The third kappa shape index (κ3) is 2.39. The van der Waals surface area contributed by atoms with Crippen molar-refractivity contribution in [2.75, 3.05) is 0 Å². The van der Waals surface area contributed by atoms with E-state index >= 15 is 0 Å². The van der Waals surface area contributed by atoms with Crippen molar-refractivity contribution in [1.29, 1.82) is 0 Å². The normalized spacial score (nSPS) is 9.78. The van der Waals surface area contributed by atoms with Gasteiger partial charge in [-0.2, -0.15) is 0 Å². The summed E-state index contributed by atoms with van der Waals surface area (Å²) in [7, 11) is 0. The van der Waals surface area contributed by atoms with Crippen LogP contribution in [0.4, 0.5) is 8.78 Å². The topological polar surface area (TPSA) is 0 Å². The molecule has 0 heterocycles. The molecule has 0 nitrogen and oxygen atoms in total. The zero-order valence-corrected chi connectivity index (χ0v) is 6.52. The molecule has 0 fully saturated rings. The maximum atomic E-state index is 12.2.